The molecular formula is C26H39NO2. The fourth-order valence-corrected chi connectivity index (χ4v) is 7.01. The van der Waals surface area contributed by atoms with Crippen molar-refractivity contribution in [1.29, 1.82) is 0 Å². The lowest BCUT2D eigenvalue weighted by Gasteiger charge is -2.55. The van der Waals surface area contributed by atoms with Crippen LogP contribution < -0.4 is 5.32 Å². The maximum atomic E-state index is 11.0. The highest BCUT2D eigenvalue weighted by atomic mass is 16.3. The van der Waals surface area contributed by atoms with E-state index in [0.29, 0.717) is 24.2 Å². The molecule has 0 amide bonds. The second-order valence-electron chi connectivity index (χ2n) is 10.7. The van der Waals surface area contributed by atoms with Gasteiger partial charge in [-0.3, -0.25) is 0 Å². The van der Waals surface area contributed by atoms with Gasteiger partial charge in [0.15, 0.2) is 0 Å². The standard InChI is InChI=1S/C26H39NO2/c1-17-6-5-7-19(14-17)27-16-21-22-9-8-18(2)25(22,3)13-11-23(21)26(4)12-10-20(28)15-24(26)29/h5-7,14,20-24,27-29H,2,8-13,15-16H2,1,3-4H3. The molecule has 0 spiro atoms. The van der Waals surface area contributed by atoms with Gasteiger partial charge in [-0.2, -0.15) is 0 Å². The summed E-state index contributed by atoms with van der Waals surface area (Å²) in [7, 11) is 0. The molecule has 0 radical (unpaired) electrons. The average molecular weight is 398 g/mol. The molecule has 1 aromatic rings. The van der Waals surface area contributed by atoms with Crippen molar-refractivity contribution in [3.05, 3.63) is 42.0 Å². The van der Waals surface area contributed by atoms with E-state index in [0.717, 1.165) is 32.2 Å². The first kappa shape index (κ1) is 20.9. The van der Waals surface area contributed by atoms with E-state index in [-0.39, 0.29) is 16.9 Å². The Kier molecular flexibility index (Phi) is 5.59. The molecule has 3 saturated carbocycles. The molecule has 7 unspecified atom stereocenters. The quantitative estimate of drug-likeness (QED) is 0.603. The molecule has 3 nitrogen and oxygen atoms in total. The molecule has 3 N–H and O–H groups in total. The summed E-state index contributed by atoms with van der Waals surface area (Å²) in [5, 5.41) is 24.9. The van der Waals surface area contributed by atoms with Gasteiger partial charge in [-0.15, -0.1) is 0 Å². The van der Waals surface area contributed by atoms with Gasteiger partial charge in [0.05, 0.1) is 12.2 Å². The monoisotopic (exact) mass is 397 g/mol. The summed E-state index contributed by atoms with van der Waals surface area (Å²) in [6, 6.07) is 8.63. The molecule has 3 heteroatoms. The number of aryl methyl sites for hydroxylation is 1. The van der Waals surface area contributed by atoms with Gasteiger partial charge in [-0.1, -0.05) is 38.1 Å². The van der Waals surface area contributed by atoms with Gasteiger partial charge in [0, 0.05) is 12.2 Å². The van der Waals surface area contributed by atoms with Crippen molar-refractivity contribution in [2.75, 3.05) is 11.9 Å². The van der Waals surface area contributed by atoms with Crippen molar-refractivity contribution in [2.24, 2.45) is 28.6 Å². The number of allylic oxidation sites excluding steroid dienone is 1. The van der Waals surface area contributed by atoms with E-state index in [1.807, 2.05) is 0 Å². The maximum Gasteiger partial charge on any atom is 0.0621 e. The summed E-state index contributed by atoms with van der Waals surface area (Å²) in [5.41, 5.74) is 4.04. The van der Waals surface area contributed by atoms with Gasteiger partial charge in [-0.05, 0) is 98.1 Å². The van der Waals surface area contributed by atoms with Crippen LogP contribution in [0.2, 0.25) is 0 Å². The molecule has 29 heavy (non-hydrogen) atoms. The number of rotatable bonds is 4. The fourth-order valence-electron chi connectivity index (χ4n) is 7.01. The molecule has 160 valence electrons. The second-order valence-corrected chi connectivity index (χ2v) is 10.7. The molecule has 1 aromatic carbocycles. The first-order valence-electron chi connectivity index (χ1n) is 11.6. The zero-order chi connectivity index (χ0) is 20.8. The summed E-state index contributed by atoms with van der Waals surface area (Å²) < 4.78 is 0. The third-order valence-corrected chi connectivity index (χ3v) is 9.07. The molecule has 0 saturated heterocycles. The molecule has 0 aromatic heterocycles. The van der Waals surface area contributed by atoms with Crippen LogP contribution in [0.3, 0.4) is 0 Å². The summed E-state index contributed by atoms with van der Waals surface area (Å²) in [6.45, 7) is 12.3. The van der Waals surface area contributed by atoms with E-state index in [1.54, 1.807) is 0 Å². The van der Waals surface area contributed by atoms with Crippen molar-refractivity contribution in [2.45, 2.75) is 77.9 Å². The highest BCUT2D eigenvalue weighted by Crippen LogP contribution is 2.62. The van der Waals surface area contributed by atoms with E-state index >= 15 is 0 Å². The van der Waals surface area contributed by atoms with Crippen molar-refractivity contribution in [3.63, 3.8) is 0 Å². The first-order valence-corrected chi connectivity index (χ1v) is 11.6. The number of hydrogen-bond donors (Lipinski definition) is 3. The number of nitrogens with one attached hydrogen (secondary N) is 1. The molecule has 4 rings (SSSR count). The lowest BCUT2D eigenvalue weighted by atomic mass is 9.51. The van der Waals surface area contributed by atoms with E-state index in [9.17, 15) is 10.2 Å². The third-order valence-electron chi connectivity index (χ3n) is 9.07. The minimum absolute atomic E-state index is 0.108. The Hall–Kier alpha value is -1.32. The highest BCUT2D eigenvalue weighted by molar-refractivity contribution is 5.45. The number of hydrogen-bond acceptors (Lipinski definition) is 3. The Balaban J connectivity index is 1.61. The van der Waals surface area contributed by atoms with Gasteiger partial charge in [-0.25, -0.2) is 0 Å². The normalized spacial score (nSPS) is 42.5. The minimum Gasteiger partial charge on any atom is -0.393 e. The summed E-state index contributed by atoms with van der Waals surface area (Å²) >= 11 is 0. The molecule has 7 atom stereocenters. The molecule has 0 bridgehead atoms. The van der Waals surface area contributed by atoms with Gasteiger partial charge >= 0.3 is 0 Å². The predicted molar refractivity (Wildman–Crippen MR) is 120 cm³/mol. The number of fused-ring (bicyclic) bond motifs is 1. The highest BCUT2D eigenvalue weighted by Gasteiger charge is 2.56. The topological polar surface area (TPSA) is 52.5 Å². The molecule has 3 aliphatic rings. The van der Waals surface area contributed by atoms with Crippen LogP contribution in [0.15, 0.2) is 36.4 Å². The van der Waals surface area contributed by atoms with Crippen LogP contribution in [0.5, 0.6) is 0 Å². The molecular weight excluding hydrogens is 358 g/mol. The van der Waals surface area contributed by atoms with Gasteiger partial charge in [0.25, 0.3) is 0 Å². The van der Waals surface area contributed by atoms with Crippen LogP contribution in [0, 0.1) is 35.5 Å². The molecule has 0 aliphatic heterocycles. The fraction of sp³-hybridized carbons (Fsp3) is 0.692. The Labute approximate surface area is 176 Å². The number of aliphatic hydroxyl groups is 2. The second kappa shape index (κ2) is 7.74. The number of benzene rings is 1. The zero-order valence-corrected chi connectivity index (χ0v) is 18.5. The summed E-state index contributed by atoms with van der Waals surface area (Å²) in [5.74, 6) is 1.62. The van der Waals surface area contributed by atoms with Crippen LogP contribution in [-0.4, -0.2) is 29.0 Å². The molecule has 3 fully saturated rings. The van der Waals surface area contributed by atoms with Crippen molar-refractivity contribution in [3.8, 4) is 0 Å². The predicted octanol–water partition coefficient (Wildman–Crippen LogP) is 5.32. The largest absolute Gasteiger partial charge is 0.393 e. The van der Waals surface area contributed by atoms with Crippen molar-refractivity contribution >= 4 is 5.69 Å². The first-order chi connectivity index (χ1) is 13.7. The van der Waals surface area contributed by atoms with Crippen LogP contribution in [0.4, 0.5) is 5.69 Å². The summed E-state index contributed by atoms with van der Waals surface area (Å²) in [4.78, 5) is 0. The minimum atomic E-state index is -0.410. The SMILES string of the molecule is C=C1CCC2C(CNc3cccc(C)c3)C(C3(C)CCC(O)CC3O)CCC12C. The number of aliphatic hydroxyl groups excluding tert-OH is 2. The lowest BCUT2D eigenvalue weighted by molar-refractivity contribution is -0.116. The van der Waals surface area contributed by atoms with Crippen LogP contribution in [0.25, 0.3) is 0 Å². The molecule has 0 heterocycles. The molecule has 3 aliphatic carbocycles. The van der Waals surface area contributed by atoms with Gasteiger partial charge in [0.1, 0.15) is 0 Å². The average Bonchev–Trinajstić information content (AvgIpc) is 2.98. The Morgan fingerprint density at radius 1 is 1.10 bits per heavy atom. The summed E-state index contributed by atoms with van der Waals surface area (Å²) in [6.07, 6.45) is 6.21. The van der Waals surface area contributed by atoms with Crippen molar-refractivity contribution < 1.29 is 10.2 Å². The van der Waals surface area contributed by atoms with Crippen LogP contribution in [-0.2, 0) is 0 Å². The lowest BCUT2D eigenvalue weighted by Crippen LogP contribution is -2.53. The third kappa shape index (κ3) is 3.65. The van der Waals surface area contributed by atoms with Gasteiger partial charge in [0.2, 0.25) is 0 Å². The van der Waals surface area contributed by atoms with E-state index < -0.39 is 6.10 Å². The van der Waals surface area contributed by atoms with Crippen LogP contribution >= 0.6 is 0 Å². The van der Waals surface area contributed by atoms with Crippen LogP contribution in [0.1, 0.15) is 64.4 Å². The van der Waals surface area contributed by atoms with Crippen molar-refractivity contribution in [1.82, 2.24) is 0 Å². The van der Waals surface area contributed by atoms with Gasteiger partial charge < -0.3 is 15.5 Å². The smallest absolute Gasteiger partial charge is 0.0621 e. The maximum absolute atomic E-state index is 11.0. The Morgan fingerprint density at radius 2 is 1.90 bits per heavy atom. The Morgan fingerprint density at radius 3 is 2.62 bits per heavy atom. The zero-order valence-electron chi connectivity index (χ0n) is 18.5. The van der Waals surface area contributed by atoms with E-state index in [4.69, 9.17) is 0 Å². The van der Waals surface area contributed by atoms with E-state index in [2.05, 4.69) is 56.9 Å². The Bertz CT molecular complexity index is 761. The number of anilines is 1. The van der Waals surface area contributed by atoms with E-state index in [1.165, 1.54) is 29.7 Å².